The standard InChI is InChI=1S/C11H12N2O4S2/c1-7-13(4-5-18-7)19(15,16)8-2-3-10-9(6-8)12-11(14)17-10/h2-3,6-7H,4-5H2,1H3,(H,12,14). The van der Waals surface area contributed by atoms with E-state index in [0.717, 1.165) is 5.75 Å². The molecule has 1 N–H and O–H groups in total. The molecule has 0 aliphatic carbocycles. The van der Waals surface area contributed by atoms with Crippen molar-refractivity contribution in [1.29, 1.82) is 0 Å². The van der Waals surface area contributed by atoms with Gasteiger partial charge in [0, 0.05) is 12.3 Å². The van der Waals surface area contributed by atoms with Crippen molar-refractivity contribution in [3.63, 3.8) is 0 Å². The van der Waals surface area contributed by atoms with Gasteiger partial charge in [0.15, 0.2) is 5.58 Å². The highest BCUT2D eigenvalue weighted by Crippen LogP contribution is 2.30. The van der Waals surface area contributed by atoms with Gasteiger partial charge in [0.1, 0.15) is 0 Å². The van der Waals surface area contributed by atoms with Crippen LogP contribution in [0.1, 0.15) is 6.92 Å². The van der Waals surface area contributed by atoms with E-state index in [0.29, 0.717) is 17.6 Å². The molecule has 1 atom stereocenters. The zero-order chi connectivity index (χ0) is 13.6. The molecule has 1 unspecified atom stereocenters. The summed E-state index contributed by atoms with van der Waals surface area (Å²) in [6, 6.07) is 4.39. The molecule has 1 fully saturated rings. The minimum atomic E-state index is -3.52. The highest BCUT2D eigenvalue weighted by atomic mass is 32.2. The Hall–Kier alpha value is -1.25. The minimum absolute atomic E-state index is 0.0657. The van der Waals surface area contributed by atoms with Crippen LogP contribution in [0.5, 0.6) is 0 Å². The number of benzene rings is 1. The molecule has 102 valence electrons. The fourth-order valence-electron chi connectivity index (χ4n) is 2.12. The van der Waals surface area contributed by atoms with Crippen LogP contribution in [0.4, 0.5) is 0 Å². The molecule has 19 heavy (non-hydrogen) atoms. The third kappa shape index (κ3) is 2.09. The lowest BCUT2D eigenvalue weighted by Gasteiger charge is -2.19. The third-order valence-corrected chi connectivity index (χ3v) is 6.33. The number of hydrogen-bond donors (Lipinski definition) is 1. The quantitative estimate of drug-likeness (QED) is 0.901. The first-order chi connectivity index (χ1) is 8.98. The first kappa shape index (κ1) is 12.8. The summed E-state index contributed by atoms with van der Waals surface area (Å²) in [5.41, 5.74) is 0.748. The number of oxazole rings is 1. The Bertz CT molecular complexity index is 777. The Morgan fingerprint density at radius 2 is 2.26 bits per heavy atom. The fourth-order valence-corrected chi connectivity index (χ4v) is 5.17. The SMILES string of the molecule is CC1SCCN1S(=O)(=O)c1ccc2oc(=O)[nH]c2c1. The zero-order valence-electron chi connectivity index (χ0n) is 10.1. The van der Waals surface area contributed by atoms with Gasteiger partial charge in [0.25, 0.3) is 0 Å². The van der Waals surface area contributed by atoms with E-state index in [-0.39, 0.29) is 10.3 Å². The van der Waals surface area contributed by atoms with Crippen molar-refractivity contribution in [1.82, 2.24) is 9.29 Å². The average Bonchev–Trinajstić information content (AvgIpc) is 2.92. The lowest BCUT2D eigenvalue weighted by atomic mass is 10.3. The Morgan fingerprint density at radius 1 is 1.47 bits per heavy atom. The van der Waals surface area contributed by atoms with Crippen LogP contribution < -0.4 is 5.76 Å². The number of nitrogens with zero attached hydrogens (tertiary/aromatic N) is 1. The summed E-state index contributed by atoms with van der Waals surface area (Å²) in [4.78, 5) is 13.7. The summed E-state index contributed by atoms with van der Waals surface area (Å²) in [5, 5.41) is -0.0657. The maximum Gasteiger partial charge on any atom is 0.417 e. The molecule has 1 aliphatic rings. The molecular weight excluding hydrogens is 288 g/mol. The molecule has 1 aromatic heterocycles. The molecule has 6 nitrogen and oxygen atoms in total. The molecular formula is C11H12N2O4S2. The predicted molar refractivity (Wildman–Crippen MR) is 72.6 cm³/mol. The number of hydrogen-bond acceptors (Lipinski definition) is 5. The van der Waals surface area contributed by atoms with Crippen LogP contribution in [0.25, 0.3) is 11.1 Å². The van der Waals surface area contributed by atoms with Gasteiger partial charge in [0.2, 0.25) is 10.0 Å². The summed E-state index contributed by atoms with van der Waals surface area (Å²) >= 11 is 1.61. The molecule has 2 aromatic rings. The van der Waals surface area contributed by atoms with E-state index in [1.807, 2.05) is 6.92 Å². The van der Waals surface area contributed by atoms with Crippen molar-refractivity contribution in [3.05, 3.63) is 28.7 Å². The number of aromatic nitrogens is 1. The van der Waals surface area contributed by atoms with Gasteiger partial charge < -0.3 is 4.42 Å². The van der Waals surface area contributed by atoms with E-state index >= 15 is 0 Å². The first-order valence-corrected chi connectivity index (χ1v) is 8.24. The van der Waals surface area contributed by atoms with Gasteiger partial charge in [-0.15, -0.1) is 11.8 Å². The van der Waals surface area contributed by atoms with Crippen molar-refractivity contribution in [2.75, 3.05) is 12.3 Å². The summed E-state index contributed by atoms with van der Waals surface area (Å²) in [5.74, 6) is 0.209. The van der Waals surface area contributed by atoms with Gasteiger partial charge >= 0.3 is 5.76 Å². The Balaban J connectivity index is 2.10. The van der Waals surface area contributed by atoms with Crippen LogP contribution >= 0.6 is 11.8 Å². The molecule has 1 saturated heterocycles. The second-order valence-corrected chi connectivity index (χ2v) is 7.57. The molecule has 2 heterocycles. The number of sulfonamides is 1. The number of H-pyrrole nitrogens is 1. The van der Waals surface area contributed by atoms with Crippen molar-refractivity contribution in [2.24, 2.45) is 0 Å². The third-order valence-electron chi connectivity index (χ3n) is 3.07. The fraction of sp³-hybridized carbons (Fsp3) is 0.364. The van der Waals surface area contributed by atoms with E-state index in [1.165, 1.54) is 22.5 Å². The average molecular weight is 300 g/mol. The second kappa shape index (κ2) is 4.39. The minimum Gasteiger partial charge on any atom is -0.408 e. The predicted octanol–water partition coefficient (Wildman–Crippen LogP) is 1.20. The molecule has 0 spiro atoms. The molecule has 1 aliphatic heterocycles. The smallest absolute Gasteiger partial charge is 0.408 e. The Kier molecular flexibility index (Phi) is 2.95. The van der Waals surface area contributed by atoms with Gasteiger partial charge in [-0.25, -0.2) is 13.2 Å². The van der Waals surface area contributed by atoms with E-state index < -0.39 is 15.8 Å². The maximum atomic E-state index is 12.5. The van der Waals surface area contributed by atoms with Gasteiger partial charge in [-0.1, -0.05) is 0 Å². The van der Waals surface area contributed by atoms with Crippen LogP contribution in [0.3, 0.4) is 0 Å². The van der Waals surface area contributed by atoms with Gasteiger partial charge in [-0.3, -0.25) is 4.98 Å². The Labute approximate surface area is 113 Å². The van der Waals surface area contributed by atoms with Crippen LogP contribution in [-0.4, -0.2) is 35.4 Å². The normalized spacial score (nSPS) is 21.2. The zero-order valence-corrected chi connectivity index (χ0v) is 11.8. The van der Waals surface area contributed by atoms with E-state index in [4.69, 9.17) is 4.42 Å². The largest absolute Gasteiger partial charge is 0.417 e. The van der Waals surface area contributed by atoms with Crippen molar-refractivity contribution in [3.8, 4) is 0 Å². The molecule has 0 bridgehead atoms. The van der Waals surface area contributed by atoms with Crippen LogP contribution in [0.2, 0.25) is 0 Å². The second-order valence-electron chi connectivity index (χ2n) is 4.26. The monoisotopic (exact) mass is 300 g/mol. The van der Waals surface area contributed by atoms with Crippen molar-refractivity contribution in [2.45, 2.75) is 17.2 Å². The van der Waals surface area contributed by atoms with E-state index in [9.17, 15) is 13.2 Å². The highest BCUT2D eigenvalue weighted by Gasteiger charge is 2.33. The molecule has 8 heteroatoms. The van der Waals surface area contributed by atoms with Crippen molar-refractivity contribution >= 4 is 32.9 Å². The van der Waals surface area contributed by atoms with E-state index in [1.54, 1.807) is 11.8 Å². The van der Waals surface area contributed by atoms with Crippen LogP contribution in [-0.2, 0) is 10.0 Å². The number of fused-ring (bicyclic) bond motifs is 1. The Morgan fingerprint density at radius 3 is 2.95 bits per heavy atom. The molecule has 0 amide bonds. The first-order valence-electron chi connectivity index (χ1n) is 5.75. The van der Waals surface area contributed by atoms with Gasteiger partial charge in [0.05, 0.1) is 15.8 Å². The number of thioether (sulfide) groups is 1. The lowest BCUT2D eigenvalue weighted by Crippen LogP contribution is -2.33. The number of rotatable bonds is 2. The molecule has 3 rings (SSSR count). The summed E-state index contributed by atoms with van der Waals surface area (Å²) in [6.07, 6.45) is 0. The summed E-state index contributed by atoms with van der Waals surface area (Å²) < 4.78 is 31.3. The number of nitrogens with one attached hydrogen (secondary N) is 1. The molecule has 0 saturated carbocycles. The van der Waals surface area contributed by atoms with Gasteiger partial charge in [-0.2, -0.15) is 4.31 Å². The van der Waals surface area contributed by atoms with Crippen LogP contribution in [0.15, 0.2) is 32.3 Å². The summed E-state index contributed by atoms with van der Waals surface area (Å²) in [7, 11) is -3.52. The van der Waals surface area contributed by atoms with Crippen LogP contribution in [0, 0.1) is 0 Å². The van der Waals surface area contributed by atoms with Gasteiger partial charge in [-0.05, 0) is 25.1 Å². The maximum absolute atomic E-state index is 12.5. The van der Waals surface area contributed by atoms with E-state index in [2.05, 4.69) is 4.98 Å². The topological polar surface area (TPSA) is 83.4 Å². The van der Waals surface area contributed by atoms with Crippen molar-refractivity contribution < 1.29 is 12.8 Å². The lowest BCUT2D eigenvalue weighted by molar-refractivity contribution is 0.442. The molecule has 0 radical (unpaired) electrons. The molecule has 1 aromatic carbocycles. The summed E-state index contributed by atoms with van der Waals surface area (Å²) in [6.45, 7) is 2.38. The highest BCUT2D eigenvalue weighted by molar-refractivity contribution is 8.01. The number of aromatic amines is 1.